The molecular formula is C14H17N3. The summed E-state index contributed by atoms with van der Waals surface area (Å²) in [5.74, 6) is 0. The van der Waals surface area contributed by atoms with Crippen molar-refractivity contribution in [3.05, 3.63) is 54.4 Å². The summed E-state index contributed by atoms with van der Waals surface area (Å²) in [5, 5.41) is 0. The Labute approximate surface area is 102 Å². The van der Waals surface area contributed by atoms with Gasteiger partial charge in [-0.1, -0.05) is 30.3 Å². The number of nitrogen functional groups attached to an aromatic ring is 1. The fraction of sp³-hybridized carbons (Fsp3) is 0.214. The highest BCUT2D eigenvalue weighted by Crippen LogP contribution is 2.28. The second-order valence-electron chi connectivity index (χ2n) is 4.13. The van der Waals surface area contributed by atoms with Gasteiger partial charge in [-0.3, -0.25) is 4.98 Å². The Kier molecular flexibility index (Phi) is 3.28. The zero-order valence-corrected chi connectivity index (χ0v) is 10.2. The molecule has 0 radical (unpaired) electrons. The second kappa shape index (κ2) is 4.87. The van der Waals surface area contributed by atoms with Gasteiger partial charge in [0.2, 0.25) is 0 Å². The lowest BCUT2D eigenvalue weighted by atomic mass is 10.1. The zero-order chi connectivity index (χ0) is 12.3. The molecule has 0 amide bonds. The molecule has 0 fully saturated rings. The molecule has 3 nitrogen and oxygen atoms in total. The number of nitrogens with two attached hydrogens (primary N) is 1. The molecule has 3 heteroatoms. The number of hydrogen-bond donors (Lipinski definition) is 1. The highest BCUT2D eigenvalue weighted by atomic mass is 15.1. The summed E-state index contributed by atoms with van der Waals surface area (Å²) in [6, 6.07) is 12.6. The molecule has 17 heavy (non-hydrogen) atoms. The lowest BCUT2D eigenvalue weighted by Gasteiger charge is -2.28. The van der Waals surface area contributed by atoms with Crippen LogP contribution in [0.5, 0.6) is 0 Å². The van der Waals surface area contributed by atoms with Gasteiger partial charge < -0.3 is 10.6 Å². The number of anilines is 2. The standard InChI is InChI=1S/C14H17N3/c1-11(12-6-4-3-5-7-12)17(2)14-8-9-16-10-13(14)15/h3-11H,15H2,1-2H3. The summed E-state index contributed by atoms with van der Waals surface area (Å²) in [6.07, 6.45) is 3.45. The molecule has 1 aromatic carbocycles. The van der Waals surface area contributed by atoms with Gasteiger partial charge in [0, 0.05) is 13.2 Å². The molecule has 0 spiro atoms. The number of nitrogens with zero attached hydrogens (tertiary/aromatic N) is 2. The van der Waals surface area contributed by atoms with E-state index in [0.29, 0.717) is 5.69 Å². The molecule has 2 N–H and O–H groups in total. The van der Waals surface area contributed by atoms with E-state index in [-0.39, 0.29) is 6.04 Å². The summed E-state index contributed by atoms with van der Waals surface area (Å²) < 4.78 is 0. The van der Waals surface area contributed by atoms with Gasteiger partial charge in [-0.25, -0.2) is 0 Å². The molecule has 0 aliphatic carbocycles. The van der Waals surface area contributed by atoms with E-state index in [1.165, 1.54) is 5.56 Å². The Hall–Kier alpha value is -2.03. The largest absolute Gasteiger partial charge is 0.396 e. The monoisotopic (exact) mass is 227 g/mol. The average molecular weight is 227 g/mol. The second-order valence-corrected chi connectivity index (χ2v) is 4.13. The van der Waals surface area contributed by atoms with E-state index in [1.807, 2.05) is 19.2 Å². The minimum atomic E-state index is 0.279. The third kappa shape index (κ3) is 2.38. The maximum absolute atomic E-state index is 5.93. The Morgan fingerprint density at radius 3 is 2.53 bits per heavy atom. The Balaban J connectivity index is 2.27. The third-order valence-corrected chi connectivity index (χ3v) is 3.07. The Bertz CT molecular complexity index is 482. The molecule has 0 aliphatic heterocycles. The lowest BCUT2D eigenvalue weighted by molar-refractivity contribution is 0.740. The number of rotatable bonds is 3. The van der Waals surface area contributed by atoms with Gasteiger partial charge in [0.25, 0.3) is 0 Å². The SMILES string of the molecule is CC(c1ccccc1)N(C)c1ccncc1N. The number of benzene rings is 1. The van der Waals surface area contributed by atoms with Crippen LogP contribution >= 0.6 is 0 Å². The van der Waals surface area contributed by atoms with Crippen molar-refractivity contribution in [2.75, 3.05) is 17.7 Å². The van der Waals surface area contributed by atoms with Crippen molar-refractivity contribution in [3.63, 3.8) is 0 Å². The molecular weight excluding hydrogens is 210 g/mol. The fourth-order valence-electron chi connectivity index (χ4n) is 1.88. The first-order valence-electron chi connectivity index (χ1n) is 5.67. The lowest BCUT2D eigenvalue weighted by Crippen LogP contribution is -2.22. The summed E-state index contributed by atoms with van der Waals surface area (Å²) in [4.78, 5) is 6.17. The van der Waals surface area contributed by atoms with Crippen LogP contribution in [0, 0.1) is 0 Å². The zero-order valence-electron chi connectivity index (χ0n) is 10.2. The van der Waals surface area contributed by atoms with Crippen LogP contribution in [0.25, 0.3) is 0 Å². The molecule has 0 aliphatic rings. The first-order valence-corrected chi connectivity index (χ1v) is 5.67. The molecule has 1 atom stereocenters. The van der Waals surface area contributed by atoms with Gasteiger partial charge in [-0.15, -0.1) is 0 Å². The van der Waals surface area contributed by atoms with Gasteiger partial charge in [-0.2, -0.15) is 0 Å². The van der Waals surface area contributed by atoms with Crippen LogP contribution in [0.2, 0.25) is 0 Å². The van der Waals surface area contributed by atoms with Crippen molar-refractivity contribution < 1.29 is 0 Å². The van der Waals surface area contributed by atoms with E-state index >= 15 is 0 Å². The molecule has 1 unspecified atom stereocenters. The molecule has 1 heterocycles. The Morgan fingerprint density at radius 1 is 1.18 bits per heavy atom. The van der Waals surface area contributed by atoms with Gasteiger partial charge in [0.15, 0.2) is 0 Å². The van der Waals surface area contributed by atoms with E-state index in [4.69, 9.17) is 5.73 Å². The predicted octanol–water partition coefficient (Wildman–Crippen LogP) is 2.86. The van der Waals surface area contributed by atoms with Crippen molar-refractivity contribution in [1.82, 2.24) is 4.98 Å². The van der Waals surface area contributed by atoms with Crippen molar-refractivity contribution in [2.45, 2.75) is 13.0 Å². The van der Waals surface area contributed by atoms with E-state index in [1.54, 1.807) is 12.4 Å². The van der Waals surface area contributed by atoms with E-state index in [0.717, 1.165) is 5.69 Å². The summed E-state index contributed by atoms with van der Waals surface area (Å²) in [6.45, 7) is 2.16. The maximum atomic E-state index is 5.93. The van der Waals surface area contributed by atoms with E-state index < -0.39 is 0 Å². The quantitative estimate of drug-likeness (QED) is 0.876. The molecule has 0 saturated heterocycles. The fourth-order valence-corrected chi connectivity index (χ4v) is 1.88. The number of hydrogen-bond acceptors (Lipinski definition) is 3. The van der Waals surface area contributed by atoms with Crippen molar-refractivity contribution in [1.29, 1.82) is 0 Å². The minimum absolute atomic E-state index is 0.279. The summed E-state index contributed by atoms with van der Waals surface area (Å²) in [5.41, 5.74) is 8.92. The molecule has 2 aromatic rings. The van der Waals surface area contributed by atoms with E-state index in [9.17, 15) is 0 Å². The predicted molar refractivity (Wildman–Crippen MR) is 71.9 cm³/mol. The molecule has 88 valence electrons. The highest BCUT2D eigenvalue weighted by Gasteiger charge is 2.13. The van der Waals surface area contributed by atoms with Gasteiger partial charge in [-0.05, 0) is 18.6 Å². The van der Waals surface area contributed by atoms with Crippen molar-refractivity contribution in [3.8, 4) is 0 Å². The molecule has 0 bridgehead atoms. The molecule has 2 rings (SSSR count). The average Bonchev–Trinajstić information content (AvgIpc) is 2.39. The molecule has 1 aromatic heterocycles. The number of pyridine rings is 1. The van der Waals surface area contributed by atoms with Crippen LogP contribution in [0.3, 0.4) is 0 Å². The summed E-state index contributed by atoms with van der Waals surface area (Å²) in [7, 11) is 2.04. The van der Waals surface area contributed by atoms with Crippen LogP contribution in [0.1, 0.15) is 18.5 Å². The Morgan fingerprint density at radius 2 is 1.88 bits per heavy atom. The van der Waals surface area contributed by atoms with Crippen molar-refractivity contribution >= 4 is 11.4 Å². The van der Waals surface area contributed by atoms with Crippen molar-refractivity contribution in [2.24, 2.45) is 0 Å². The normalized spacial score (nSPS) is 12.1. The van der Waals surface area contributed by atoms with Crippen LogP contribution < -0.4 is 10.6 Å². The summed E-state index contributed by atoms with van der Waals surface area (Å²) >= 11 is 0. The van der Waals surface area contributed by atoms with Gasteiger partial charge >= 0.3 is 0 Å². The third-order valence-electron chi connectivity index (χ3n) is 3.07. The van der Waals surface area contributed by atoms with Crippen LogP contribution in [-0.2, 0) is 0 Å². The highest BCUT2D eigenvalue weighted by molar-refractivity contribution is 5.66. The topological polar surface area (TPSA) is 42.2 Å². The van der Waals surface area contributed by atoms with E-state index in [2.05, 4.69) is 41.1 Å². The van der Waals surface area contributed by atoms with Crippen LogP contribution in [0.15, 0.2) is 48.8 Å². The smallest absolute Gasteiger partial charge is 0.0738 e. The first-order chi connectivity index (χ1) is 8.20. The first kappa shape index (κ1) is 11.5. The van der Waals surface area contributed by atoms with Gasteiger partial charge in [0.05, 0.1) is 23.6 Å². The van der Waals surface area contributed by atoms with Crippen LogP contribution in [-0.4, -0.2) is 12.0 Å². The van der Waals surface area contributed by atoms with Crippen LogP contribution in [0.4, 0.5) is 11.4 Å². The van der Waals surface area contributed by atoms with Gasteiger partial charge in [0.1, 0.15) is 0 Å². The molecule has 0 saturated carbocycles. The number of aromatic nitrogens is 1. The minimum Gasteiger partial charge on any atom is -0.396 e. The maximum Gasteiger partial charge on any atom is 0.0738 e.